The highest BCUT2D eigenvalue weighted by Gasteiger charge is 2.25. The fourth-order valence-corrected chi connectivity index (χ4v) is 5.66. The molecule has 5 rings (SSSR count). The van der Waals surface area contributed by atoms with Gasteiger partial charge in [0.1, 0.15) is 0 Å². The van der Waals surface area contributed by atoms with Crippen LogP contribution in [0.3, 0.4) is 0 Å². The number of halogens is 2. The molecule has 3 aromatic rings. The summed E-state index contributed by atoms with van der Waals surface area (Å²) in [5.41, 5.74) is 11.0. The second-order valence-electron chi connectivity index (χ2n) is 9.36. The summed E-state index contributed by atoms with van der Waals surface area (Å²) < 4.78 is 2.25. The zero-order valence-electron chi connectivity index (χ0n) is 20.4. The van der Waals surface area contributed by atoms with E-state index in [0.717, 1.165) is 47.2 Å². The van der Waals surface area contributed by atoms with Crippen molar-refractivity contribution in [3.63, 3.8) is 0 Å². The van der Waals surface area contributed by atoms with Crippen LogP contribution in [0.15, 0.2) is 51.4 Å². The van der Waals surface area contributed by atoms with Gasteiger partial charge in [0.15, 0.2) is 0 Å². The molecule has 178 valence electrons. The second kappa shape index (κ2) is 10.8. The molecule has 1 amide bonds. The van der Waals surface area contributed by atoms with E-state index < -0.39 is 0 Å². The lowest BCUT2D eigenvalue weighted by Gasteiger charge is -2.30. The molecule has 0 bridgehead atoms. The van der Waals surface area contributed by atoms with E-state index in [9.17, 15) is 4.79 Å². The molecule has 0 radical (unpaired) electrons. The third-order valence-electron chi connectivity index (χ3n) is 7.10. The molecular formula is C29H32Br2N2O. The lowest BCUT2D eigenvalue weighted by Crippen LogP contribution is -2.36. The molecule has 0 aliphatic carbocycles. The number of nitrogens with zero attached hydrogens (tertiary/aromatic N) is 1. The maximum absolute atomic E-state index is 13.2. The average Bonchev–Trinajstić information content (AvgIpc) is 2.82. The Bertz CT molecular complexity index is 1210. The highest BCUT2D eigenvalue weighted by atomic mass is 79.9. The van der Waals surface area contributed by atoms with Crippen LogP contribution < -0.4 is 5.32 Å². The third-order valence-corrected chi connectivity index (χ3v) is 8.09. The van der Waals surface area contributed by atoms with Crippen LogP contribution in [0.2, 0.25) is 0 Å². The number of aryl methyl sites for hydroxylation is 2. The van der Waals surface area contributed by atoms with E-state index in [1.807, 2.05) is 4.90 Å². The number of hydrogen-bond donors (Lipinski definition) is 1. The van der Waals surface area contributed by atoms with Crippen LogP contribution >= 0.6 is 31.9 Å². The van der Waals surface area contributed by atoms with E-state index in [-0.39, 0.29) is 5.91 Å². The quantitative estimate of drug-likeness (QED) is 0.335. The average molecular weight is 584 g/mol. The molecule has 0 saturated heterocycles. The van der Waals surface area contributed by atoms with Crippen molar-refractivity contribution in [1.82, 2.24) is 10.2 Å². The van der Waals surface area contributed by atoms with Crippen molar-refractivity contribution >= 4 is 37.8 Å². The Balaban J connectivity index is 0.000000207. The number of nitrogens with one attached hydrogen (secondary N) is 1. The molecule has 2 heterocycles. The van der Waals surface area contributed by atoms with E-state index in [4.69, 9.17) is 0 Å². The standard InChI is InChI=1S/C20H22BrNO.C9H10BrN/c1-12-9-13(2)15(4)19(14(12)3)20(23)22-8-7-16-5-6-18(21)10-17(16)11-22;10-9-2-1-7-3-4-11-6-8(7)5-9/h5-6,9-10H,7-8,11H2,1-4H3;1-2,5,11H,3-4,6H2. The molecule has 0 spiro atoms. The number of fused-ring (bicyclic) bond motifs is 2. The number of amides is 1. The summed E-state index contributed by atoms with van der Waals surface area (Å²) in [7, 11) is 0. The van der Waals surface area contributed by atoms with Gasteiger partial charge in [-0.1, -0.05) is 50.1 Å². The highest BCUT2D eigenvalue weighted by Crippen LogP contribution is 2.27. The largest absolute Gasteiger partial charge is 0.334 e. The van der Waals surface area contributed by atoms with Crippen LogP contribution in [0, 0.1) is 27.7 Å². The zero-order chi connectivity index (χ0) is 24.4. The summed E-state index contributed by atoms with van der Waals surface area (Å²) in [5.74, 6) is 0.164. The number of rotatable bonds is 1. The smallest absolute Gasteiger partial charge is 0.254 e. The van der Waals surface area contributed by atoms with Gasteiger partial charge in [-0.25, -0.2) is 0 Å². The normalized spacial score (nSPS) is 14.6. The van der Waals surface area contributed by atoms with Gasteiger partial charge in [-0.15, -0.1) is 0 Å². The topological polar surface area (TPSA) is 32.3 Å². The van der Waals surface area contributed by atoms with Crippen molar-refractivity contribution in [3.05, 3.63) is 101 Å². The van der Waals surface area contributed by atoms with Gasteiger partial charge in [-0.3, -0.25) is 4.79 Å². The van der Waals surface area contributed by atoms with Gasteiger partial charge < -0.3 is 10.2 Å². The monoisotopic (exact) mass is 582 g/mol. The Morgan fingerprint density at radius 3 is 2.03 bits per heavy atom. The molecule has 3 nitrogen and oxygen atoms in total. The molecule has 1 N–H and O–H groups in total. The molecule has 0 aromatic heterocycles. The Morgan fingerprint density at radius 2 is 1.38 bits per heavy atom. The predicted octanol–water partition coefficient (Wildman–Crippen LogP) is 6.98. The second-order valence-corrected chi connectivity index (χ2v) is 11.2. The lowest BCUT2D eigenvalue weighted by atomic mass is 9.92. The predicted molar refractivity (Wildman–Crippen MR) is 148 cm³/mol. The van der Waals surface area contributed by atoms with Crippen LogP contribution in [0.4, 0.5) is 0 Å². The Hall–Kier alpha value is -1.95. The third kappa shape index (κ3) is 5.48. The van der Waals surface area contributed by atoms with Gasteiger partial charge >= 0.3 is 0 Å². The van der Waals surface area contributed by atoms with Crippen LogP contribution in [0.5, 0.6) is 0 Å². The van der Waals surface area contributed by atoms with Crippen molar-refractivity contribution < 1.29 is 4.79 Å². The molecule has 0 atom stereocenters. The van der Waals surface area contributed by atoms with E-state index in [2.05, 4.69) is 107 Å². The lowest BCUT2D eigenvalue weighted by molar-refractivity contribution is 0.0733. The minimum atomic E-state index is 0.164. The minimum absolute atomic E-state index is 0.164. The number of hydrogen-bond acceptors (Lipinski definition) is 2. The number of carbonyl (C=O) groups excluding carboxylic acids is 1. The number of carbonyl (C=O) groups is 1. The fraction of sp³-hybridized carbons (Fsp3) is 0.345. The first-order valence-electron chi connectivity index (χ1n) is 11.9. The summed E-state index contributed by atoms with van der Waals surface area (Å²) in [6, 6.07) is 15.1. The van der Waals surface area contributed by atoms with Crippen LogP contribution in [-0.4, -0.2) is 23.9 Å². The van der Waals surface area contributed by atoms with Crippen LogP contribution in [-0.2, 0) is 25.9 Å². The van der Waals surface area contributed by atoms with Gasteiger partial charge in [0.2, 0.25) is 0 Å². The van der Waals surface area contributed by atoms with Crippen molar-refractivity contribution in [3.8, 4) is 0 Å². The molecule has 0 saturated carbocycles. The first kappa shape index (κ1) is 25.2. The van der Waals surface area contributed by atoms with Crippen LogP contribution in [0.25, 0.3) is 0 Å². The SMILES string of the molecule is Brc1ccc2c(c1)CNCC2.Cc1cc(C)c(C)c(C(=O)N2CCc3ccc(Br)cc3C2)c1C. The van der Waals surface area contributed by atoms with E-state index in [0.29, 0.717) is 6.54 Å². The molecular weight excluding hydrogens is 552 g/mol. The molecule has 3 aromatic carbocycles. The van der Waals surface area contributed by atoms with Crippen LogP contribution in [0.1, 0.15) is 54.9 Å². The molecule has 2 aliphatic heterocycles. The van der Waals surface area contributed by atoms with E-state index >= 15 is 0 Å². The maximum Gasteiger partial charge on any atom is 0.254 e. The van der Waals surface area contributed by atoms with Gasteiger partial charge in [0.05, 0.1) is 0 Å². The number of benzene rings is 3. The minimum Gasteiger partial charge on any atom is -0.334 e. The maximum atomic E-state index is 13.2. The molecule has 0 fully saturated rings. The summed E-state index contributed by atoms with van der Waals surface area (Å²) in [6.07, 6.45) is 2.10. The first-order chi connectivity index (χ1) is 16.2. The highest BCUT2D eigenvalue weighted by molar-refractivity contribution is 9.10. The molecule has 2 aliphatic rings. The van der Waals surface area contributed by atoms with Gasteiger partial charge in [-0.05, 0) is 116 Å². The summed E-state index contributed by atoms with van der Waals surface area (Å²) in [6.45, 7) is 11.9. The Kier molecular flexibility index (Phi) is 7.96. The molecule has 5 heteroatoms. The Morgan fingerprint density at radius 1 is 0.794 bits per heavy atom. The summed E-state index contributed by atoms with van der Waals surface area (Å²) in [5, 5.41) is 3.35. The summed E-state index contributed by atoms with van der Waals surface area (Å²) in [4.78, 5) is 15.1. The Labute approximate surface area is 220 Å². The van der Waals surface area contributed by atoms with Gasteiger partial charge in [-0.2, -0.15) is 0 Å². The van der Waals surface area contributed by atoms with E-state index in [1.165, 1.54) is 44.3 Å². The molecule has 34 heavy (non-hydrogen) atoms. The van der Waals surface area contributed by atoms with Gasteiger partial charge in [0.25, 0.3) is 5.91 Å². The van der Waals surface area contributed by atoms with Crippen molar-refractivity contribution in [1.29, 1.82) is 0 Å². The van der Waals surface area contributed by atoms with Gasteiger partial charge in [0, 0.05) is 34.1 Å². The van der Waals surface area contributed by atoms with E-state index in [1.54, 1.807) is 0 Å². The van der Waals surface area contributed by atoms with Crippen molar-refractivity contribution in [2.45, 2.75) is 53.6 Å². The first-order valence-corrected chi connectivity index (χ1v) is 13.4. The summed E-state index contributed by atoms with van der Waals surface area (Å²) >= 11 is 6.99. The zero-order valence-corrected chi connectivity index (χ0v) is 23.6. The fourth-order valence-electron chi connectivity index (χ4n) is 4.84. The van der Waals surface area contributed by atoms with Crippen molar-refractivity contribution in [2.75, 3.05) is 13.1 Å². The molecule has 0 unspecified atom stereocenters. The van der Waals surface area contributed by atoms with Crippen molar-refractivity contribution in [2.24, 2.45) is 0 Å².